The predicted octanol–water partition coefficient (Wildman–Crippen LogP) is 3.09. The largest absolute Gasteiger partial charge is 0.385 e. The first kappa shape index (κ1) is 23.1. The number of benzene rings is 1. The minimum Gasteiger partial charge on any atom is -0.385 e. The number of likely N-dealkylation sites (tertiary alicyclic amines) is 2. The summed E-state index contributed by atoms with van der Waals surface area (Å²) in [5.41, 5.74) is 0.378. The summed E-state index contributed by atoms with van der Waals surface area (Å²) in [5, 5.41) is 0. The topological polar surface area (TPSA) is 79.8 Å². The fraction of sp³-hybridized carbons (Fsp3) is 0.462. The van der Waals surface area contributed by atoms with Gasteiger partial charge in [-0.05, 0) is 48.9 Å². The van der Waals surface area contributed by atoms with Crippen molar-refractivity contribution in [2.45, 2.75) is 56.5 Å². The molecule has 2 aromatic rings. The molecular weight excluding hydrogens is 418 g/mol. The maximum atomic E-state index is 13.8. The Kier molecular flexibility index (Phi) is 7.18. The van der Waals surface area contributed by atoms with Crippen LogP contribution in [0.4, 0.5) is 0 Å². The van der Waals surface area contributed by atoms with Crippen molar-refractivity contribution in [3.05, 3.63) is 66.0 Å². The lowest BCUT2D eigenvalue weighted by atomic mass is 9.75. The van der Waals surface area contributed by atoms with Gasteiger partial charge in [0.1, 0.15) is 0 Å². The highest BCUT2D eigenvalue weighted by atomic mass is 16.5. The predicted molar refractivity (Wildman–Crippen MR) is 123 cm³/mol. The number of carbonyl (C=O) groups excluding carboxylic acids is 3. The fourth-order valence-corrected chi connectivity index (χ4v) is 5.10. The smallest absolute Gasteiger partial charge is 0.241 e. The lowest BCUT2D eigenvalue weighted by Crippen LogP contribution is -2.48. The number of nitrogens with zero attached hydrogens (tertiary/aromatic N) is 3. The zero-order valence-electron chi connectivity index (χ0n) is 19.1. The first-order valence-corrected chi connectivity index (χ1v) is 11.6. The van der Waals surface area contributed by atoms with Crippen LogP contribution in [-0.4, -0.2) is 58.8 Å². The van der Waals surface area contributed by atoms with E-state index in [1.165, 1.54) is 4.90 Å². The van der Waals surface area contributed by atoms with Crippen LogP contribution in [0.5, 0.6) is 0 Å². The Morgan fingerprint density at radius 1 is 1.12 bits per heavy atom. The van der Waals surface area contributed by atoms with Gasteiger partial charge in [-0.1, -0.05) is 30.3 Å². The molecule has 0 aliphatic carbocycles. The van der Waals surface area contributed by atoms with Crippen LogP contribution in [0, 0.1) is 0 Å². The molecule has 3 heterocycles. The third-order valence-electron chi connectivity index (χ3n) is 6.88. The maximum absolute atomic E-state index is 13.8. The first-order chi connectivity index (χ1) is 16.0. The van der Waals surface area contributed by atoms with Gasteiger partial charge in [0.25, 0.3) is 0 Å². The number of methoxy groups -OCH3 is 1. The highest BCUT2D eigenvalue weighted by Gasteiger charge is 2.54. The van der Waals surface area contributed by atoms with E-state index in [2.05, 4.69) is 4.98 Å². The first-order valence-electron chi connectivity index (χ1n) is 11.6. The maximum Gasteiger partial charge on any atom is 0.241 e. The highest BCUT2D eigenvalue weighted by Crippen LogP contribution is 2.41. The number of hydrogen-bond acceptors (Lipinski definition) is 5. The Balaban J connectivity index is 1.62. The average molecular weight is 450 g/mol. The molecule has 0 unspecified atom stereocenters. The Bertz CT molecular complexity index is 982. The molecule has 2 saturated heterocycles. The number of pyridine rings is 1. The van der Waals surface area contributed by atoms with Gasteiger partial charge in [-0.2, -0.15) is 0 Å². The van der Waals surface area contributed by atoms with Crippen molar-refractivity contribution < 1.29 is 19.1 Å². The van der Waals surface area contributed by atoms with Gasteiger partial charge >= 0.3 is 0 Å². The van der Waals surface area contributed by atoms with Gasteiger partial charge in [0.2, 0.25) is 17.7 Å². The van der Waals surface area contributed by atoms with Gasteiger partial charge in [0.15, 0.2) is 0 Å². The van der Waals surface area contributed by atoms with E-state index in [1.54, 1.807) is 31.6 Å². The number of aromatic nitrogens is 1. The molecule has 0 N–H and O–H groups in total. The van der Waals surface area contributed by atoms with Crippen molar-refractivity contribution in [2.24, 2.45) is 0 Å². The summed E-state index contributed by atoms with van der Waals surface area (Å²) in [6, 6.07) is 13.0. The average Bonchev–Trinajstić information content (AvgIpc) is 3.09. The van der Waals surface area contributed by atoms with E-state index >= 15 is 0 Å². The molecule has 0 spiro atoms. The molecule has 7 heteroatoms. The van der Waals surface area contributed by atoms with E-state index in [0.29, 0.717) is 13.2 Å². The number of hydrogen-bond donors (Lipinski definition) is 0. The molecule has 2 aliphatic rings. The van der Waals surface area contributed by atoms with E-state index < -0.39 is 5.41 Å². The summed E-state index contributed by atoms with van der Waals surface area (Å²) < 4.78 is 5.25. The van der Waals surface area contributed by atoms with E-state index in [4.69, 9.17) is 4.74 Å². The van der Waals surface area contributed by atoms with Gasteiger partial charge in [-0.25, -0.2) is 0 Å². The molecule has 0 bridgehead atoms. The summed E-state index contributed by atoms with van der Waals surface area (Å²) in [6.07, 6.45) is 7.04. The second-order valence-corrected chi connectivity index (χ2v) is 8.96. The second kappa shape index (κ2) is 10.3. The Morgan fingerprint density at radius 3 is 2.61 bits per heavy atom. The molecule has 2 atom stereocenters. The molecule has 2 aliphatic heterocycles. The number of imide groups is 1. The van der Waals surface area contributed by atoms with E-state index in [1.807, 2.05) is 35.2 Å². The summed E-state index contributed by atoms with van der Waals surface area (Å²) in [7, 11) is 1.67. The molecular formula is C26H31N3O4. The van der Waals surface area contributed by atoms with Crippen molar-refractivity contribution in [3.8, 4) is 0 Å². The molecule has 7 nitrogen and oxygen atoms in total. The molecule has 33 heavy (non-hydrogen) atoms. The van der Waals surface area contributed by atoms with Crippen LogP contribution in [0.3, 0.4) is 0 Å². The van der Waals surface area contributed by atoms with Gasteiger partial charge in [0.05, 0.1) is 12.0 Å². The normalized spacial score (nSPS) is 23.2. The standard InChI is InChI=1S/C26H31N3O4/c1-33-16-12-22-9-5-6-15-28(22)23(30)17-26(21-7-3-2-4-8-21)18-24(31)29(25(26)32)19-20-10-13-27-14-11-20/h2-4,7-8,10-11,13-14,22H,5-6,9,12,15-19H2,1H3/t22-,26-/m0/s1. The quantitative estimate of drug-likeness (QED) is 0.579. The van der Waals surface area contributed by atoms with E-state index in [9.17, 15) is 14.4 Å². The number of piperidine rings is 1. The van der Waals surface area contributed by atoms with Crippen molar-refractivity contribution >= 4 is 17.7 Å². The summed E-state index contributed by atoms with van der Waals surface area (Å²) in [4.78, 5) is 47.7. The molecule has 1 aromatic carbocycles. The lowest BCUT2D eigenvalue weighted by molar-refractivity contribution is -0.144. The lowest BCUT2D eigenvalue weighted by Gasteiger charge is -2.38. The molecule has 174 valence electrons. The van der Waals surface area contributed by atoms with Crippen LogP contribution < -0.4 is 0 Å². The van der Waals surface area contributed by atoms with Gasteiger partial charge in [-0.3, -0.25) is 24.3 Å². The Morgan fingerprint density at radius 2 is 1.88 bits per heavy atom. The Hall–Kier alpha value is -3.06. The van der Waals surface area contributed by atoms with Gasteiger partial charge < -0.3 is 9.64 Å². The number of rotatable bonds is 8. The number of amides is 3. The zero-order valence-corrected chi connectivity index (χ0v) is 19.1. The van der Waals surface area contributed by atoms with Gasteiger partial charge in [-0.15, -0.1) is 0 Å². The SMILES string of the molecule is COCC[C@@H]1CCCCN1C(=O)C[C@@]1(c2ccccc2)CC(=O)N(Cc2ccncc2)C1=O. The minimum atomic E-state index is -1.17. The monoisotopic (exact) mass is 449 g/mol. The molecule has 3 amide bonds. The molecule has 0 radical (unpaired) electrons. The van der Waals surface area contributed by atoms with Gasteiger partial charge in [0, 0.05) is 51.5 Å². The van der Waals surface area contributed by atoms with Crippen molar-refractivity contribution in [3.63, 3.8) is 0 Å². The summed E-state index contributed by atoms with van der Waals surface area (Å²) in [6.45, 7) is 1.46. The van der Waals surface area contributed by atoms with Crippen LogP contribution in [-0.2, 0) is 31.1 Å². The van der Waals surface area contributed by atoms with E-state index in [-0.39, 0.29) is 43.1 Å². The van der Waals surface area contributed by atoms with Crippen LogP contribution in [0.1, 0.15) is 49.7 Å². The highest BCUT2D eigenvalue weighted by molar-refractivity contribution is 6.10. The third-order valence-corrected chi connectivity index (χ3v) is 6.88. The third kappa shape index (κ3) is 4.83. The van der Waals surface area contributed by atoms with Crippen molar-refractivity contribution in [1.82, 2.24) is 14.8 Å². The molecule has 4 rings (SSSR count). The van der Waals surface area contributed by atoms with Crippen LogP contribution in [0.15, 0.2) is 54.9 Å². The number of carbonyl (C=O) groups is 3. The van der Waals surface area contributed by atoms with Crippen LogP contribution in [0.2, 0.25) is 0 Å². The number of ether oxygens (including phenoxy) is 1. The second-order valence-electron chi connectivity index (χ2n) is 8.96. The van der Waals surface area contributed by atoms with Crippen LogP contribution >= 0.6 is 0 Å². The summed E-state index contributed by atoms with van der Waals surface area (Å²) in [5.74, 6) is -0.607. The summed E-state index contributed by atoms with van der Waals surface area (Å²) >= 11 is 0. The van der Waals surface area contributed by atoms with E-state index in [0.717, 1.165) is 36.8 Å². The zero-order chi connectivity index (χ0) is 23.3. The van der Waals surface area contributed by atoms with Crippen molar-refractivity contribution in [1.29, 1.82) is 0 Å². The molecule has 1 aromatic heterocycles. The molecule has 0 saturated carbocycles. The minimum absolute atomic E-state index is 0.00207. The van der Waals surface area contributed by atoms with Crippen LogP contribution in [0.25, 0.3) is 0 Å². The Labute approximate surface area is 194 Å². The fourth-order valence-electron chi connectivity index (χ4n) is 5.10. The molecule has 2 fully saturated rings. The van der Waals surface area contributed by atoms with Crippen molar-refractivity contribution in [2.75, 3.05) is 20.3 Å².